The largest absolute Gasteiger partial charge is 0.188 e. The van der Waals surface area contributed by atoms with E-state index < -0.39 is 14.8 Å². The predicted molar refractivity (Wildman–Crippen MR) is 140 cm³/mol. The van der Waals surface area contributed by atoms with Gasteiger partial charge in [0, 0.05) is 5.57 Å². The lowest BCUT2D eigenvalue weighted by atomic mass is 10.4. The molecule has 1 heterocycles. The van der Waals surface area contributed by atoms with Crippen molar-refractivity contribution in [1.29, 1.82) is 0 Å². The molecule has 4 aromatic carbocycles. The number of allylic oxidation sites excluding steroid dienone is 1. The molecular weight excluding hydrogens is 412 g/mol. The van der Waals surface area contributed by atoms with Gasteiger partial charge in [0.1, 0.15) is 33.5 Å². The molecule has 0 saturated carbocycles. The molecular formula is C28H27NP2+2. The molecule has 0 atom stereocenters. The zero-order valence-electron chi connectivity index (χ0n) is 17.6. The van der Waals surface area contributed by atoms with Crippen molar-refractivity contribution >= 4 is 36.0 Å². The van der Waals surface area contributed by atoms with Crippen LogP contribution in [0.3, 0.4) is 0 Å². The summed E-state index contributed by atoms with van der Waals surface area (Å²) in [5, 5.41) is 5.60. The van der Waals surface area contributed by atoms with Crippen molar-refractivity contribution in [2.24, 2.45) is 0 Å². The average Bonchev–Trinajstić information content (AvgIpc) is 2.86. The maximum atomic E-state index is 4.62. The lowest BCUT2D eigenvalue weighted by molar-refractivity contribution is 1.30. The zero-order valence-corrected chi connectivity index (χ0v) is 19.4. The van der Waals surface area contributed by atoms with E-state index in [1.54, 1.807) is 0 Å². The van der Waals surface area contributed by atoms with Gasteiger partial charge in [0.2, 0.25) is 0 Å². The molecule has 152 valence electrons. The van der Waals surface area contributed by atoms with E-state index in [4.69, 9.17) is 0 Å². The van der Waals surface area contributed by atoms with Gasteiger partial charge in [0.15, 0.2) is 14.8 Å². The smallest absolute Gasteiger partial charge is 0.0924 e. The van der Waals surface area contributed by atoms with E-state index in [1.165, 1.54) is 26.8 Å². The van der Waals surface area contributed by atoms with Crippen molar-refractivity contribution in [1.82, 2.24) is 4.86 Å². The van der Waals surface area contributed by atoms with Crippen LogP contribution in [-0.2, 0) is 0 Å². The fraction of sp³-hybridized carbons (Fsp3) is 0.0714. The fourth-order valence-corrected chi connectivity index (χ4v) is 15.2. The van der Waals surface area contributed by atoms with E-state index in [0.717, 1.165) is 12.3 Å². The molecule has 0 spiro atoms. The summed E-state index contributed by atoms with van der Waals surface area (Å²) in [4.78, 5) is 4.44. The maximum Gasteiger partial charge on any atom is 0.188 e. The molecule has 1 N–H and O–H groups in total. The van der Waals surface area contributed by atoms with Crippen molar-refractivity contribution in [2.45, 2.75) is 0 Å². The molecule has 3 heteroatoms. The monoisotopic (exact) mass is 439 g/mol. The zero-order chi connectivity index (χ0) is 21.2. The highest BCUT2D eigenvalue weighted by Crippen LogP contribution is 2.71. The fourth-order valence-electron chi connectivity index (χ4n) is 4.71. The molecule has 1 nitrogen and oxygen atoms in total. The van der Waals surface area contributed by atoms with Crippen LogP contribution < -0.4 is 26.1 Å². The van der Waals surface area contributed by atoms with E-state index >= 15 is 0 Å². The third-order valence-electron chi connectivity index (χ3n) is 6.05. The second-order valence-electron chi connectivity index (χ2n) is 8.13. The third-order valence-corrected chi connectivity index (χ3v) is 15.3. The molecule has 5 rings (SSSR count). The second kappa shape index (κ2) is 8.52. The lowest BCUT2D eigenvalue weighted by Gasteiger charge is -2.39. The molecule has 1 aliphatic heterocycles. The first kappa shape index (κ1) is 20.3. The minimum absolute atomic E-state index is 1.00. The van der Waals surface area contributed by atoms with E-state index in [9.17, 15) is 0 Å². The summed E-state index contributed by atoms with van der Waals surface area (Å²) >= 11 is 0. The van der Waals surface area contributed by atoms with Crippen LogP contribution >= 0.6 is 14.8 Å². The van der Waals surface area contributed by atoms with Gasteiger partial charge in [0.25, 0.3) is 0 Å². The number of benzene rings is 4. The van der Waals surface area contributed by atoms with Crippen molar-refractivity contribution in [3.05, 3.63) is 133 Å². The summed E-state index contributed by atoms with van der Waals surface area (Å²) in [7, 11) is -3.81. The van der Waals surface area contributed by atoms with Crippen molar-refractivity contribution < 1.29 is 0 Å². The van der Waals surface area contributed by atoms with Crippen LogP contribution in [-0.4, -0.2) is 12.3 Å². The van der Waals surface area contributed by atoms with Crippen LogP contribution in [0, 0.1) is 0 Å². The maximum absolute atomic E-state index is 4.62. The van der Waals surface area contributed by atoms with Crippen LogP contribution in [0.15, 0.2) is 133 Å². The molecule has 0 amide bonds. The standard InChI is InChI=1S/C28H27NP2/c1-24-22-30(25-14-6-2-7-15-25,26-16-8-3-9-17-26)29-31(23-24,27-18-10-4-11-19-27)28-20-12-5-13-21-28/h2-21,29H,1,22-23H2/q+2. The summed E-state index contributed by atoms with van der Waals surface area (Å²) in [6, 6.07) is 44.2. The Morgan fingerprint density at radius 1 is 0.452 bits per heavy atom. The van der Waals surface area contributed by atoms with Crippen LogP contribution in [0.2, 0.25) is 0 Å². The van der Waals surface area contributed by atoms with Crippen molar-refractivity contribution in [3.63, 3.8) is 0 Å². The summed E-state index contributed by atoms with van der Waals surface area (Å²) in [6.07, 6.45) is 2.00. The minimum atomic E-state index is -1.90. The van der Waals surface area contributed by atoms with E-state index in [1.807, 2.05) is 0 Å². The number of nitrogens with one attached hydrogen (secondary N) is 1. The molecule has 1 fully saturated rings. The molecule has 0 bridgehead atoms. The van der Waals surface area contributed by atoms with E-state index in [0.29, 0.717) is 0 Å². The summed E-state index contributed by atoms with van der Waals surface area (Å²) in [5.41, 5.74) is 1.35. The summed E-state index contributed by atoms with van der Waals surface area (Å²) in [6.45, 7) is 4.62. The predicted octanol–water partition coefficient (Wildman–Crippen LogP) is 5.31. The van der Waals surface area contributed by atoms with Gasteiger partial charge < -0.3 is 0 Å². The van der Waals surface area contributed by atoms with Gasteiger partial charge in [0.05, 0.1) is 0 Å². The van der Waals surface area contributed by atoms with E-state index in [2.05, 4.69) is 133 Å². The van der Waals surface area contributed by atoms with Crippen LogP contribution in [0.5, 0.6) is 0 Å². The molecule has 0 radical (unpaired) electrons. The highest BCUT2D eigenvalue weighted by Gasteiger charge is 2.61. The first-order valence-electron chi connectivity index (χ1n) is 10.7. The van der Waals surface area contributed by atoms with Gasteiger partial charge in [-0.3, -0.25) is 0 Å². The Bertz CT molecular complexity index is 987. The quantitative estimate of drug-likeness (QED) is 0.336. The molecule has 0 unspecified atom stereocenters. The van der Waals surface area contributed by atoms with Gasteiger partial charge in [-0.05, 0) is 48.5 Å². The van der Waals surface area contributed by atoms with Gasteiger partial charge in [-0.25, -0.2) is 0 Å². The Hall–Kier alpha value is -2.56. The molecule has 0 aliphatic carbocycles. The van der Waals surface area contributed by atoms with Gasteiger partial charge in [-0.2, -0.15) is 0 Å². The second-order valence-corrected chi connectivity index (χ2v) is 14.9. The Kier molecular flexibility index (Phi) is 5.59. The van der Waals surface area contributed by atoms with Crippen LogP contribution in [0.1, 0.15) is 0 Å². The van der Waals surface area contributed by atoms with Crippen LogP contribution in [0.25, 0.3) is 0 Å². The molecule has 31 heavy (non-hydrogen) atoms. The Morgan fingerprint density at radius 2 is 0.710 bits per heavy atom. The number of hydrogen-bond donors (Lipinski definition) is 1. The first-order chi connectivity index (χ1) is 15.2. The Morgan fingerprint density at radius 3 is 0.968 bits per heavy atom. The summed E-state index contributed by atoms with van der Waals surface area (Å²) < 4.78 is 0. The Labute approximate surface area is 186 Å². The first-order valence-corrected chi connectivity index (χ1v) is 14.6. The summed E-state index contributed by atoms with van der Waals surface area (Å²) in [5.74, 6) is 0. The SMILES string of the molecule is C=C1C[P+](c2ccccc2)(c2ccccc2)N[P+](c2ccccc2)(c2ccccc2)C1. The van der Waals surface area contributed by atoms with Crippen LogP contribution in [0.4, 0.5) is 0 Å². The lowest BCUT2D eigenvalue weighted by Crippen LogP contribution is -2.46. The Balaban J connectivity index is 1.79. The normalized spacial score (nSPS) is 17.2. The van der Waals surface area contributed by atoms with Gasteiger partial charge >= 0.3 is 0 Å². The topological polar surface area (TPSA) is 12.0 Å². The van der Waals surface area contributed by atoms with Crippen molar-refractivity contribution in [2.75, 3.05) is 12.3 Å². The third kappa shape index (κ3) is 3.68. The molecule has 0 aromatic heterocycles. The number of rotatable bonds is 4. The average molecular weight is 439 g/mol. The van der Waals surface area contributed by atoms with Gasteiger partial charge in [-0.15, -0.1) is 0 Å². The molecule has 4 aromatic rings. The molecule has 1 saturated heterocycles. The van der Waals surface area contributed by atoms with Gasteiger partial charge in [-0.1, -0.05) is 84.2 Å². The minimum Gasteiger partial charge on any atom is -0.0924 e. The van der Waals surface area contributed by atoms with E-state index in [-0.39, 0.29) is 0 Å². The highest BCUT2D eigenvalue weighted by atomic mass is 31.2. The van der Waals surface area contributed by atoms with Crippen molar-refractivity contribution in [3.8, 4) is 0 Å². The number of hydrogen-bond acceptors (Lipinski definition) is 1. The highest BCUT2D eigenvalue weighted by molar-refractivity contribution is 8.02. The molecule has 1 aliphatic rings.